The van der Waals surface area contributed by atoms with Gasteiger partial charge in [0, 0.05) is 29.4 Å². The Labute approximate surface area is 123 Å². The quantitative estimate of drug-likeness (QED) is 0.769. The molecule has 2 N–H and O–H groups in total. The first-order chi connectivity index (χ1) is 9.04. The van der Waals surface area contributed by atoms with Crippen molar-refractivity contribution in [2.24, 2.45) is 0 Å². The standard InChI is InChI=1S/C14H22BrNO3/c1-10(2)19-8-11(17)7-16-14-6-4-5-13(15)12(14)9-18-3/h4-6,10-11,16-17H,7-9H2,1-3H3. The number of hydrogen-bond acceptors (Lipinski definition) is 4. The predicted octanol–water partition coefficient (Wildman–Crippen LogP) is 2.79. The number of aliphatic hydroxyl groups is 1. The van der Waals surface area contributed by atoms with Crippen molar-refractivity contribution < 1.29 is 14.6 Å². The minimum Gasteiger partial charge on any atom is -0.389 e. The Hall–Kier alpha value is -0.620. The van der Waals surface area contributed by atoms with E-state index >= 15 is 0 Å². The lowest BCUT2D eigenvalue weighted by molar-refractivity contribution is 0.0112. The van der Waals surface area contributed by atoms with Crippen LogP contribution in [0.2, 0.25) is 0 Å². The average Bonchev–Trinajstić information content (AvgIpc) is 2.37. The number of benzene rings is 1. The molecule has 0 aliphatic heterocycles. The van der Waals surface area contributed by atoms with Gasteiger partial charge in [0.25, 0.3) is 0 Å². The molecule has 0 radical (unpaired) electrons. The van der Waals surface area contributed by atoms with E-state index in [-0.39, 0.29) is 6.10 Å². The van der Waals surface area contributed by atoms with Crippen LogP contribution < -0.4 is 5.32 Å². The fourth-order valence-corrected chi connectivity index (χ4v) is 2.09. The van der Waals surface area contributed by atoms with Gasteiger partial charge < -0.3 is 19.9 Å². The van der Waals surface area contributed by atoms with E-state index in [1.54, 1.807) is 7.11 Å². The zero-order chi connectivity index (χ0) is 14.3. The molecule has 0 aromatic heterocycles. The predicted molar refractivity (Wildman–Crippen MR) is 80.4 cm³/mol. The van der Waals surface area contributed by atoms with Crippen molar-refractivity contribution >= 4 is 21.6 Å². The highest BCUT2D eigenvalue weighted by molar-refractivity contribution is 9.10. The van der Waals surface area contributed by atoms with Gasteiger partial charge in [-0.25, -0.2) is 0 Å². The van der Waals surface area contributed by atoms with Crippen LogP contribution in [0.4, 0.5) is 5.69 Å². The lowest BCUT2D eigenvalue weighted by Crippen LogP contribution is -2.26. The summed E-state index contributed by atoms with van der Waals surface area (Å²) in [5, 5.41) is 13.0. The number of halogens is 1. The second kappa shape index (κ2) is 8.53. The van der Waals surface area contributed by atoms with Crippen molar-refractivity contribution in [3.05, 3.63) is 28.2 Å². The Kier molecular flexibility index (Phi) is 7.38. The number of aliphatic hydroxyl groups excluding tert-OH is 1. The Morgan fingerprint density at radius 1 is 1.37 bits per heavy atom. The molecule has 0 fully saturated rings. The maximum Gasteiger partial charge on any atom is 0.0945 e. The summed E-state index contributed by atoms with van der Waals surface area (Å²) < 4.78 is 11.5. The average molecular weight is 332 g/mol. The first kappa shape index (κ1) is 16.4. The molecule has 0 spiro atoms. The number of ether oxygens (including phenoxy) is 2. The zero-order valence-corrected chi connectivity index (χ0v) is 13.2. The SMILES string of the molecule is COCc1c(Br)cccc1NCC(O)COC(C)C. The number of anilines is 1. The van der Waals surface area contributed by atoms with Gasteiger partial charge in [-0.05, 0) is 26.0 Å². The maximum atomic E-state index is 9.82. The molecule has 5 heteroatoms. The molecular formula is C14H22BrNO3. The topological polar surface area (TPSA) is 50.7 Å². The van der Waals surface area contributed by atoms with E-state index in [0.29, 0.717) is 19.8 Å². The molecule has 1 rings (SSSR count). The summed E-state index contributed by atoms with van der Waals surface area (Å²) in [5.41, 5.74) is 2.00. The van der Waals surface area contributed by atoms with E-state index in [4.69, 9.17) is 9.47 Å². The molecule has 1 unspecified atom stereocenters. The summed E-state index contributed by atoms with van der Waals surface area (Å²) >= 11 is 3.50. The van der Waals surface area contributed by atoms with Crippen molar-refractivity contribution in [1.82, 2.24) is 0 Å². The molecule has 0 bridgehead atoms. The van der Waals surface area contributed by atoms with Crippen LogP contribution in [-0.2, 0) is 16.1 Å². The molecule has 108 valence electrons. The van der Waals surface area contributed by atoms with E-state index in [0.717, 1.165) is 15.7 Å². The molecule has 1 aromatic rings. The highest BCUT2D eigenvalue weighted by atomic mass is 79.9. The summed E-state index contributed by atoms with van der Waals surface area (Å²) in [6.07, 6.45) is -0.402. The second-order valence-corrected chi connectivity index (χ2v) is 5.47. The van der Waals surface area contributed by atoms with Gasteiger partial charge >= 0.3 is 0 Å². The van der Waals surface area contributed by atoms with Gasteiger partial charge in [-0.1, -0.05) is 22.0 Å². The first-order valence-corrected chi connectivity index (χ1v) is 7.13. The fraction of sp³-hybridized carbons (Fsp3) is 0.571. The van der Waals surface area contributed by atoms with Crippen molar-refractivity contribution in [2.45, 2.75) is 32.7 Å². The van der Waals surface area contributed by atoms with Gasteiger partial charge in [-0.2, -0.15) is 0 Å². The highest BCUT2D eigenvalue weighted by Gasteiger charge is 2.09. The fourth-order valence-electron chi connectivity index (χ4n) is 1.61. The van der Waals surface area contributed by atoms with E-state index in [9.17, 15) is 5.11 Å². The maximum absolute atomic E-state index is 9.82. The normalized spacial score (nSPS) is 12.7. The van der Waals surface area contributed by atoms with Gasteiger partial charge in [0.05, 0.1) is 25.4 Å². The lowest BCUT2D eigenvalue weighted by atomic mass is 10.2. The van der Waals surface area contributed by atoms with Crippen molar-refractivity contribution in [3.8, 4) is 0 Å². The molecule has 1 atom stereocenters. The summed E-state index contributed by atoms with van der Waals surface area (Å²) in [6, 6.07) is 5.88. The Morgan fingerprint density at radius 2 is 2.11 bits per heavy atom. The van der Waals surface area contributed by atoms with Gasteiger partial charge in [0.2, 0.25) is 0 Å². The Bertz CT molecular complexity index is 385. The molecule has 0 saturated heterocycles. The van der Waals surface area contributed by atoms with Gasteiger partial charge in [-0.3, -0.25) is 0 Å². The largest absolute Gasteiger partial charge is 0.389 e. The number of nitrogens with one attached hydrogen (secondary N) is 1. The van der Waals surface area contributed by atoms with Crippen molar-refractivity contribution in [3.63, 3.8) is 0 Å². The van der Waals surface area contributed by atoms with Crippen LogP contribution in [0, 0.1) is 0 Å². The minimum atomic E-state index is -0.531. The molecule has 0 amide bonds. The van der Waals surface area contributed by atoms with E-state index in [1.807, 2.05) is 32.0 Å². The van der Waals surface area contributed by atoms with E-state index in [1.165, 1.54) is 0 Å². The molecule has 0 aliphatic rings. The summed E-state index contributed by atoms with van der Waals surface area (Å²) in [7, 11) is 1.66. The second-order valence-electron chi connectivity index (χ2n) is 4.62. The van der Waals surface area contributed by atoms with Crippen LogP contribution in [-0.4, -0.2) is 37.6 Å². The van der Waals surface area contributed by atoms with Crippen LogP contribution in [0.25, 0.3) is 0 Å². The summed E-state index contributed by atoms with van der Waals surface area (Å²) in [5.74, 6) is 0. The monoisotopic (exact) mass is 331 g/mol. The van der Waals surface area contributed by atoms with Crippen molar-refractivity contribution in [2.75, 3.05) is 25.6 Å². The van der Waals surface area contributed by atoms with Crippen LogP contribution in [0.5, 0.6) is 0 Å². The van der Waals surface area contributed by atoms with Crippen LogP contribution in [0.15, 0.2) is 22.7 Å². The van der Waals surface area contributed by atoms with Gasteiger partial charge in [0.15, 0.2) is 0 Å². The number of hydrogen-bond donors (Lipinski definition) is 2. The van der Waals surface area contributed by atoms with Crippen LogP contribution >= 0.6 is 15.9 Å². The third-order valence-electron chi connectivity index (χ3n) is 2.56. The van der Waals surface area contributed by atoms with Crippen LogP contribution in [0.1, 0.15) is 19.4 Å². The summed E-state index contributed by atoms with van der Waals surface area (Å²) in [4.78, 5) is 0. The van der Waals surface area contributed by atoms with E-state index < -0.39 is 6.10 Å². The Balaban J connectivity index is 2.54. The highest BCUT2D eigenvalue weighted by Crippen LogP contribution is 2.25. The smallest absolute Gasteiger partial charge is 0.0945 e. The molecule has 1 aromatic carbocycles. The zero-order valence-electron chi connectivity index (χ0n) is 11.6. The van der Waals surface area contributed by atoms with Crippen LogP contribution in [0.3, 0.4) is 0 Å². The molecule has 4 nitrogen and oxygen atoms in total. The molecular weight excluding hydrogens is 310 g/mol. The molecule has 0 heterocycles. The third kappa shape index (κ3) is 5.91. The number of methoxy groups -OCH3 is 1. The first-order valence-electron chi connectivity index (χ1n) is 6.34. The minimum absolute atomic E-state index is 0.129. The van der Waals surface area contributed by atoms with Gasteiger partial charge in [0.1, 0.15) is 0 Å². The molecule has 19 heavy (non-hydrogen) atoms. The van der Waals surface area contributed by atoms with Gasteiger partial charge in [-0.15, -0.1) is 0 Å². The molecule has 0 saturated carbocycles. The number of rotatable bonds is 8. The Morgan fingerprint density at radius 3 is 2.74 bits per heavy atom. The third-order valence-corrected chi connectivity index (χ3v) is 3.30. The molecule has 0 aliphatic carbocycles. The van der Waals surface area contributed by atoms with Crippen molar-refractivity contribution in [1.29, 1.82) is 0 Å². The summed E-state index contributed by atoms with van der Waals surface area (Å²) in [6.45, 7) is 5.19. The van der Waals surface area contributed by atoms with E-state index in [2.05, 4.69) is 21.2 Å². The lowest BCUT2D eigenvalue weighted by Gasteiger charge is -2.17.